The minimum Gasteiger partial charge on any atom is -0.444 e. The molecule has 1 saturated heterocycles. The van der Waals surface area contributed by atoms with Crippen molar-refractivity contribution in [1.29, 1.82) is 5.26 Å². The monoisotopic (exact) mass is 400 g/mol. The van der Waals surface area contributed by atoms with Crippen LogP contribution < -0.4 is 0 Å². The van der Waals surface area contributed by atoms with E-state index in [0.717, 1.165) is 12.1 Å². The van der Waals surface area contributed by atoms with Crippen molar-refractivity contribution in [2.45, 2.75) is 84.8 Å². The largest absolute Gasteiger partial charge is 0.444 e. The molecule has 0 bridgehead atoms. The lowest BCUT2D eigenvalue weighted by Crippen LogP contribution is -2.39. The number of amides is 1. The van der Waals surface area contributed by atoms with Crippen LogP contribution in [-0.2, 0) is 11.2 Å². The minimum absolute atomic E-state index is 0.0204. The van der Waals surface area contributed by atoms with Crippen LogP contribution in [0.25, 0.3) is 0 Å². The van der Waals surface area contributed by atoms with Gasteiger partial charge in [0.25, 0.3) is 0 Å². The summed E-state index contributed by atoms with van der Waals surface area (Å²) >= 11 is 0. The minimum atomic E-state index is -1.57. The summed E-state index contributed by atoms with van der Waals surface area (Å²) in [6.45, 7) is 16.7. The Kier molecular flexibility index (Phi) is 6.30. The van der Waals surface area contributed by atoms with Gasteiger partial charge in [-0.1, -0.05) is 32.5 Å². The molecular formula is C21H32N4O2Si. The molecule has 1 fully saturated rings. The Hall–Kier alpha value is -2.25. The number of aromatic nitrogens is 2. The van der Waals surface area contributed by atoms with E-state index in [-0.39, 0.29) is 18.2 Å². The number of carbonyl (C=O) groups is 1. The Morgan fingerprint density at radius 1 is 1.36 bits per heavy atom. The molecule has 0 unspecified atom stereocenters. The summed E-state index contributed by atoms with van der Waals surface area (Å²) < 4.78 is 7.47. The normalized spacial score (nSPS) is 19.8. The summed E-state index contributed by atoms with van der Waals surface area (Å²) in [4.78, 5) is 14.3. The summed E-state index contributed by atoms with van der Waals surface area (Å²) in [5, 5.41) is 14.4. The molecular weight excluding hydrogens is 368 g/mol. The Morgan fingerprint density at radius 2 is 2.00 bits per heavy atom. The molecule has 2 rings (SSSR count). The van der Waals surface area contributed by atoms with Gasteiger partial charge < -0.3 is 9.64 Å². The summed E-state index contributed by atoms with van der Waals surface area (Å²) in [5.41, 5.74) is 4.80. The zero-order valence-corrected chi connectivity index (χ0v) is 19.4. The summed E-state index contributed by atoms with van der Waals surface area (Å²) in [6.07, 6.45) is 1.17. The number of nitriles is 1. The number of hydrogen-bond donors (Lipinski definition) is 0. The van der Waals surface area contributed by atoms with Crippen molar-refractivity contribution >= 4 is 14.2 Å². The molecule has 152 valence electrons. The van der Waals surface area contributed by atoms with Crippen LogP contribution in [0.2, 0.25) is 19.6 Å². The molecule has 1 aliphatic rings. The first-order valence-corrected chi connectivity index (χ1v) is 13.4. The zero-order valence-electron chi connectivity index (χ0n) is 18.4. The van der Waals surface area contributed by atoms with E-state index in [1.807, 2.05) is 39.3 Å². The zero-order chi connectivity index (χ0) is 21.3. The Bertz CT molecular complexity index is 843. The van der Waals surface area contributed by atoms with Crippen molar-refractivity contribution in [2.24, 2.45) is 0 Å². The van der Waals surface area contributed by atoms with Crippen LogP contribution in [-0.4, -0.2) is 47.0 Å². The molecule has 1 amide bonds. The number of ether oxygens (including phenoxy) is 1. The van der Waals surface area contributed by atoms with Crippen LogP contribution in [0, 0.1) is 22.8 Å². The van der Waals surface area contributed by atoms with Crippen molar-refractivity contribution in [2.75, 3.05) is 6.54 Å². The fourth-order valence-electron chi connectivity index (χ4n) is 3.32. The Morgan fingerprint density at radius 3 is 2.50 bits per heavy atom. The molecule has 7 heteroatoms. The highest BCUT2D eigenvalue weighted by atomic mass is 28.3. The quantitative estimate of drug-likeness (QED) is 0.553. The highest BCUT2D eigenvalue weighted by Crippen LogP contribution is 2.31. The second-order valence-corrected chi connectivity index (χ2v) is 14.2. The van der Waals surface area contributed by atoms with Crippen LogP contribution in [0.3, 0.4) is 0 Å². The number of likely N-dealkylation sites (tertiary alicyclic amines) is 1. The van der Waals surface area contributed by atoms with Crippen molar-refractivity contribution in [1.82, 2.24) is 14.7 Å². The first-order valence-electron chi connectivity index (χ1n) is 9.90. The lowest BCUT2D eigenvalue weighted by atomic mass is 10.1. The number of carbonyl (C=O) groups excluding carboxylic acids is 1. The average molecular weight is 401 g/mol. The first kappa shape index (κ1) is 22.0. The fraction of sp³-hybridized carbons (Fsp3) is 0.667. The van der Waals surface area contributed by atoms with Crippen LogP contribution >= 0.6 is 0 Å². The van der Waals surface area contributed by atoms with E-state index >= 15 is 0 Å². The van der Waals surface area contributed by atoms with Gasteiger partial charge in [-0.05, 0) is 40.5 Å². The fourth-order valence-corrected chi connectivity index (χ4v) is 3.81. The van der Waals surface area contributed by atoms with E-state index < -0.39 is 13.7 Å². The second kappa shape index (κ2) is 8.01. The van der Waals surface area contributed by atoms with Gasteiger partial charge >= 0.3 is 6.09 Å². The summed E-state index contributed by atoms with van der Waals surface area (Å²) in [7, 11) is -1.57. The second-order valence-electron chi connectivity index (χ2n) is 9.45. The van der Waals surface area contributed by atoms with Crippen LogP contribution in [0.1, 0.15) is 64.0 Å². The maximum Gasteiger partial charge on any atom is 0.410 e. The molecule has 0 aliphatic carbocycles. The van der Waals surface area contributed by atoms with Gasteiger partial charge in [0.2, 0.25) is 0 Å². The van der Waals surface area contributed by atoms with E-state index in [1.54, 1.807) is 4.90 Å². The highest BCUT2D eigenvalue weighted by Gasteiger charge is 2.37. The molecule has 0 radical (unpaired) electrons. The molecule has 2 atom stereocenters. The van der Waals surface area contributed by atoms with Crippen LogP contribution in [0.15, 0.2) is 0 Å². The van der Waals surface area contributed by atoms with Crippen molar-refractivity contribution in [3.8, 4) is 17.5 Å². The van der Waals surface area contributed by atoms with Crippen LogP contribution in [0.4, 0.5) is 4.79 Å². The van der Waals surface area contributed by atoms with E-state index in [2.05, 4.69) is 37.2 Å². The lowest BCUT2D eigenvalue weighted by molar-refractivity contribution is 0.0234. The van der Waals surface area contributed by atoms with E-state index in [4.69, 9.17) is 9.84 Å². The maximum atomic E-state index is 12.5. The van der Waals surface area contributed by atoms with Gasteiger partial charge in [0.15, 0.2) is 5.69 Å². The highest BCUT2D eigenvalue weighted by molar-refractivity contribution is 6.83. The topological polar surface area (TPSA) is 71.2 Å². The standard InChI is InChI=1S/C21H32N4O2Si/c1-9-19-17(13-22)18(10-11-28(6,7)8)23-25(19)16-12-15(2)24(14-16)20(26)27-21(3,4)5/h15-16H,9,12,14H2,1-8H3/t15-,16+/m1/s1. The van der Waals surface area contributed by atoms with Gasteiger partial charge in [-0.15, -0.1) is 5.54 Å². The molecule has 1 aromatic rings. The molecule has 2 heterocycles. The van der Waals surface area contributed by atoms with Crippen molar-refractivity contribution in [3.05, 3.63) is 17.0 Å². The van der Waals surface area contributed by atoms with Crippen molar-refractivity contribution in [3.63, 3.8) is 0 Å². The summed E-state index contributed by atoms with van der Waals surface area (Å²) in [5.74, 6) is 3.15. The number of nitrogens with zero attached hydrogens (tertiary/aromatic N) is 4. The third-order valence-corrected chi connectivity index (χ3v) is 5.41. The average Bonchev–Trinajstić information content (AvgIpc) is 3.10. The lowest BCUT2D eigenvalue weighted by Gasteiger charge is -2.26. The third-order valence-electron chi connectivity index (χ3n) is 4.54. The number of hydrogen-bond acceptors (Lipinski definition) is 4. The Labute approximate surface area is 169 Å². The van der Waals surface area contributed by atoms with Gasteiger partial charge in [-0.2, -0.15) is 10.4 Å². The SMILES string of the molecule is CCc1c(C#N)c(C#C[Si](C)(C)C)nn1[C@H]1C[C@@H](C)N(C(=O)OC(C)(C)C)C1. The molecule has 0 spiro atoms. The third kappa shape index (κ3) is 5.17. The van der Waals surface area contributed by atoms with E-state index in [1.165, 1.54) is 0 Å². The molecule has 28 heavy (non-hydrogen) atoms. The number of rotatable bonds is 2. The molecule has 1 aromatic heterocycles. The predicted molar refractivity (Wildman–Crippen MR) is 113 cm³/mol. The van der Waals surface area contributed by atoms with Crippen molar-refractivity contribution < 1.29 is 9.53 Å². The van der Waals surface area contributed by atoms with Crippen LogP contribution in [0.5, 0.6) is 0 Å². The first-order chi connectivity index (χ1) is 12.9. The molecule has 6 nitrogen and oxygen atoms in total. The predicted octanol–water partition coefficient (Wildman–Crippen LogP) is 4.12. The Balaban J connectivity index is 2.35. The van der Waals surface area contributed by atoms with E-state index in [0.29, 0.717) is 24.2 Å². The molecule has 0 saturated carbocycles. The smallest absolute Gasteiger partial charge is 0.410 e. The van der Waals surface area contributed by atoms with Gasteiger partial charge in [0.05, 0.1) is 11.7 Å². The van der Waals surface area contributed by atoms with Gasteiger partial charge in [-0.25, -0.2) is 4.79 Å². The molecule has 1 aliphatic heterocycles. The molecule has 0 N–H and O–H groups in total. The van der Waals surface area contributed by atoms with E-state index in [9.17, 15) is 10.1 Å². The van der Waals surface area contributed by atoms with Gasteiger partial charge in [0, 0.05) is 12.6 Å². The molecule has 0 aromatic carbocycles. The van der Waals surface area contributed by atoms with Gasteiger partial charge in [0.1, 0.15) is 25.3 Å². The van der Waals surface area contributed by atoms with Gasteiger partial charge in [-0.3, -0.25) is 4.68 Å². The summed E-state index contributed by atoms with van der Waals surface area (Å²) in [6, 6.07) is 2.37. The maximum absolute atomic E-state index is 12.5.